The fraction of sp³-hybridized carbons (Fsp3) is 0.0714. The Kier molecular flexibility index (Phi) is 4.24. The third-order valence-corrected chi connectivity index (χ3v) is 3.07. The Morgan fingerprint density at radius 1 is 1.11 bits per heavy atom. The van der Waals surface area contributed by atoms with Crippen molar-refractivity contribution in [3.05, 3.63) is 63.6 Å². The summed E-state index contributed by atoms with van der Waals surface area (Å²) < 4.78 is 0. The van der Waals surface area contributed by atoms with Gasteiger partial charge in [0.2, 0.25) is 0 Å². The molecule has 2 nitrogen and oxygen atoms in total. The molecule has 1 N–H and O–H groups in total. The molecule has 18 heavy (non-hydrogen) atoms. The van der Waals surface area contributed by atoms with Crippen LogP contribution >= 0.6 is 23.2 Å². The molecule has 4 heteroatoms. The third-order valence-electron chi connectivity index (χ3n) is 2.43. The van der Waals surface area contributed by atoms with E-state index in [0.29, 0.717) is 5.02 Å². The van der Waals surface area contributed by atoms with E-state index < -0.39 is 0 Å². The van der Waals surface area contributed by atoms with Crippen molar-refractivity contribution in [3.63, 3.8) is 0 Å². The number of hydrazone groups is 1. The lowest BCUT2D eigenvalue weighted by Crippen LogP contribution is -1.91. The van der Waals surface area contributed by atoms with Gasteiger partial charge in [-0.1, -0.05) is 41.4 Å². The number of halogens is 2. The molecule has 0 radical (unpaired) electrons. The maximum atomic E-state index is 6.02. The molecule has 0 unspecified atom stereocenters. The van der Waals surface area contributed by atoms with Gasteiger partial charge in [0.25, 0.3) is 0 Å². The lowest BCUT2D eigenvalue weighted by atomic mass is 10.2. The van der Waals surface area contributed by atoms with E-state index in [1.54, 1.807) is 6.21 Å². The van der Waals surface area contributed by atoms with Crippen molar-refractivity contribution in [3.8, 4) is 0 Å². The minimum absolute atomic E-state index is 0.692. The van der Waals surface area contributed by atoms with Crippen molar-refractivity contribution >= 4 is 35.1 Å². The summed E-state index contributed by atoms with van der Waals surface area (Å²) in [4.78, 5) is 0. The Morgan fingerprint density at radius 3 is 2.67 bits per heavy atom. The van der Waals surface area contributed by atoms with Crippen molar-refractivity contribution in [2.24, 2.45) is 5.10 Å². The van der Waals surface area contributed by atoms with Gasteiger partial charge in [-0.25, -0.2) is 0 Å². The van der Waals surface area contributed by atoms with Crippen LogP contribution in [-0.2, 0) is 0 Å². The molecule has 0 aliphatic heterocycles. The van der Waals surface area contributed by atoms with Gasteiger partial charge >= 0.3 is 0 Å². The predicted octanol–water partition coefficient (Wildman–Crippen LogP) is 4.75. The van der Waals surface area contributed by atoms with Crippen molar-refractivity contribution < 1.29 is 0 Å². The third kappa shape index (κ3) is 3.49. The summed E-state index contributed by atoms with van der Waals surface area (Å²) in [5.41, 5.74) is 5.75. The van der Waals surface area contributed by atoms with Crippen LogP contribution in [0.25, 0.3) is 0 Å². The number of hydrogen-bond acceptors (Lipinski definition) is 2. The normalized spacial score (nSPS) is 10.8. The number of nitrogens with zero attached hydrogens (tertiary/aromatic N) is 1. The minimum atomic E-state index is 0.692. The molecule has 0 saturated heterocycles. The quantitative estimate of drug-likeness (QED) is 0.636. The zero-order valence-electron chi connectivity index (χ0n) is 9.82. The van der Waals surface area contributed by atoms with Gasteiger partial charge in [-0.15, -0.1) is 0 Å². The van der Waals surface area contributed by atoms with Gasteiger partial charge in [0.15, 0.2) is 0 Å². The average molecular weight is 279 g/mol. The van der Waals surface area contributed by atoms with E-state index in [9.17, 15) is 0 Å². The molecular formula is C14H12Cl2N2. The van der Waals surface area contributed by atoms with Crippen LogP contribution in [0.1, 0.15) is 11.1 Å². The molecular weight excluding hydrogens is 267 g/mol. The van der Waals surface area contributed by atoms with E-state index in [-0.39, 0.29) is 0 Å². The van der Waals surface area contributed by atoms with Crippen LogP contribution in [0.3, 0.4) is 0 Å². The van der Waals surface area contributed by atoms with Crippen molar-refractivity contribution in [1.82, 2.24) is 0 Å². The highest BCUT2D eigenvalue weighted by Gasteiger charge is 1.96. The molecule has 0 aromatic heterocycles. The maximum absolute atomic E-state index is 6.02. The molecule has 0 atom stereocenters. The monoisotopic (exact) mass is 278 g/mol. The molecule has 0 aliphatic rings. The molecule has 2 aromatic carbocycles. The number of rotatable bonds is 3. The van der Waals surface area contributed by atoms with Gasteiger partial charge in [0, 0.05) is 10.0 Å². The lowest BCUT2D eigenvalue weighted by Gasteiger charge is -2.02. The van der Waals surface area contributed by atoms with E-state index in [0.717, 1.165) is 21.8 Å². The molecule has 0 saturated carbocycles. The second-order valence-electron chi connectivity index (χ2n) is 3.89. The van der Waals surface area contributed by atoms with Crippen molar-refractivity contribution in [2.45, 2.75) is 6.92 Å². The standard InChI is InChI=1S/C14H12Cl2N2/c1-10-5-6-13(8-14(10)16)18-17-9-11-3-2-4-12(15)7-11/h2-9,18H,1H3/b17-9-. The van der Waals surface area contributed by atoms with Gasteiger partial charge in [-0.3, -0.25) is 5.43 Å². The first kappa shape index (κ1) is 12.9. The molecule has 0 fully saturated rings. The summed E-state index contributed by atoms with van der Waals surface area (Å²) in [5.74, 6) is 0. The first-order valence-electron chi connectivity index (χ1n) is 5.46. The van der Waals surface area contributed by atoms with Crippen LogP contribution in [0.2, 0.25) is 10.0 Å². The molecule has 0 spiro atoms. The average Bonchev–Trinajstić information content (AvgIpc) is 2.34. The molecule has 0 bridgehead atoms. The van der Waals surface area contributed by atoms with Crippen molar-refractivity contribution in [1.29, 1.82) is 0 Å². The molecule has 0 aliphatic carbocycles. The number of hydrogen-bond donors (Lipinski definition) is 1. The summed E-state index contributed by atoms with van der Waals surface area (Å²) in [7, 11) is 0. The van der Waals surface area contributed by atoms with Crippen LogP contribution in [0, 0.1) is 6.92 Å². The number of anilines is 1. The minimum Gasteiger partial charge on any atom is -0.278 e. The van der Waals surface area contributed by atoms with E-state index >= 15 is 0 Å². The zero-order valence-corrected chi connectivity index (χ0v) is 11.3. The molecule has 0 heterocycles. The second kappa shape index (κ2) is 5.89. The van der Waals surface area contributed by atoms with Gasteiger partial charge in [0.1, 0.15) is 0 Å². The van der Waals surface area contributed by atoms with E-state index in [1.165, 1.54) is 0 Å². The lowest BCUT2D eigenvalue weighted by molar-refractivity contribution is 1.34. The summed E-state index contributed by atoms with van der Waals surface area (Å²) >= 11 is 11.9. The highest BCUT2D eigenvalue weighted by molar-refractivity contribution is 6.31. The Balaban J connectivity index is 2.05. The fourth-order valence-electron chi connectivity index (χ4n) is 1.43. The van der Waals surface area contributed by atoms with Crippen LogP contribution in [-0.4, -0.2) is 6.21 Å². The largest absolute Gasteiger partial charge is 0.278 e. The molecule has 92 valence electrons. The number of nitrogens with one attached hydrogen (secondary N) is 1. The smallest absolute Gasteiger partial charge is 0.0576 e. The maximum Gasteiger partial charge on any atom is 0.0576 e. The van der Waals surface area contributed by atoms with Gasteiger partial charge in [0.05, 0.1) is 11.9 Å². The first-order chi connectivity index (χ1) is 8.65. The molecule has 2 rings (SSSR count). The summed E-state index contributed by atoms with van der Waals surface area (Å²) in [6, 6.07) is 13.2. The van der Waals surface area contributed by atoms with Crippen LogP contribution in [0.5, 0.6) is 0 Å². The van der Waals surface area contributed by atoms with Gasteiger partial charge < -0.3 is 0 Å². The van der Waals surface area contributed by atoms with Gasteiger partial charge in [-0.2, -0.15) is 5.10 Å². The van der Waals surface area contributed by atoms with Crippen LogP contribution in [0.4, 0.5) is 5.69 Å². The van der Waals surface area contributed by atoms with Crippen LogP contribution in [0.15, 0.2) is 47.6 Å². The highest BCUT2D eigenvalue weighted by Crippen LogP contribution is 2.19. The first-order valence-corrected chi connectivity index (χ1v) is 6.21. The summed E-state index contributed by atoms with van der Waals surface area (Å²) in [6.45, 7) is 1.96. The van der Waals surface area contributed by atoms with Gasteiger partial charge in [-0.05, 0) is 42.3 Å². The highest BCUT2D eigenvalue weighted by atomic mass is 35.5. The molecule has 0 amide bonds. The summed E-state index contributed by atoms with van der Waals surface area (Å²) in [6.07, 6.45) is 1.71. The Labute approximate surface area is 116 Å². The van der Waals surface area contributed by atoms with E-state index in [2.05, 4.69) is 10.5 Å². The zero-order chi connectivity index (χ0) is 13.0. The number of benzene rings is 2. The topological polar surface area (TPSA) is 24.4 Å². The van der Waals surface area contributed by atoms with Crippen LogP contribution < -0.4 is 5.43 Å². The van der Waals surface area contributed by atoms with E-state index in [1.807, 2.05) is 49.4 Å². The second-order valence-corrected chi connectivity index (χ2v) is 4.73. The summed E-state index contributed by atoms with van der Waals surface area (Å²) in [5, 5.41) is 5.54. The SMILES string of the molecule is Cc1ccc(N/N=C\c2cccc(Cl)c2)cc1Cl. The molecule has 2 aromatic rings. The number of aryl methyl sites for hydroxylation is 1. The van der Waals surface area contributed by atoms with E-state index in [4.69, 9.17) is 23.2 Å². The Hall–Kier alpha value is -1.51. The van der Waals surface area contributed by atoms with Crippen molar-refractivity contribution in [2.75, 3.05) is 5.43 Å². The fourth-order valence-corrected chi connectivity index (χ4v) is 1.81. The Morgan fingerprint density at radius 2 is 1.94 bits per heavy atom. The Bertz CT molecular complexity index is 580. The predicted molar refractivity (Wildman–Crippen MR) is 78.9 cm³/mol.